The molecule has 1 rings (SSSR count). The molecule has 1 fully saturated rings. The summed E-state index contributed by atoms with van der Waals surface area (Å²) in [7, 11) is 1.81. The molecule has 0 aromatic heterocycles. The van der Waals surface area contributed by atoms with Crippen LogP contribution in [0, 0.1) is 0 Å². The predicted molar refractivity (Wildman–Crippen MR) is 22.3 cm³/mol. The van der Waals surface area contributed by atoms with E-state index in [1.807, 2.05) is 7.05 Å². The van der Waals surface area contributed by atoms with Gasteiger partial charge in [-0.1, -0.05) is 0 Å². The second-order valence-corrected chi connectivity index (χ2v) is 1.57. The van der Waals surface area contributed by atoms with Gasteiger partial charge in [0, 0.05) is 20.0 Å². The fourth-order valence-corrected chi connectivity index (χ4v) is 0.427. The van der Waals surface area contributed by atoms with Crippen LogP contribution >= 0.6 is 0 Å². The van der Waals surface area contributed by atoms with Crippen LogP contribution in [0.25, 0.3) is 0 Å². The maximum absolute atomic E-state index is 10.2. The van der Waals surface area contributed by atoms with Gasteiger partial charge >= 0.3 is 0 Å². The Morgan fingerprint density at radius 3 is 2.33 bits per heavy atom. The summed E-state index contributed by atoms with van der Waals surface area (Å²) in [4.78, 5) is 11.9. The van der Waals surface area contributed by atoms with Crippen LogP contribution in [0.1, 0.15) is 6.42 Å². The molecule has 0 aromatic carbocycles. The Morgan fingerprint density at radius 1 is 1.83 bits per heavy atom. The Morgan fingerprint density at radius 2 is 2.33 bits per heavy atom. The number of nitrogens with zero attached hydrogens (tertiary/aromatic N) is 1. The first-order valence-electron chi connectivity index (χ1n) is 2.04. The van der Waals surface area contributed by atoms with Crippen molar-refractivity contribution in [3.63, 3.8) is 0 Å². The lowest BCUT2D eigenvalue weighted by Gasteiger charge is -2.24. The van der Waals surface area contributed by atoms with E-state index in [4.69, 9.17) is 0 Å². The molecule has 1 amide bonds. The van der Waals surface area contributed by atoms with Crippen molar-refractivity contribution in [2.24, 2.45) is 0 Å². The Hall–Kier alpha value is -0.530. The molecule has 6 heavy (non-hydrogen) atoms. The molecule has 0 unspecified atom stereocenters. The molecule has 1 aliphatic rings. The lowest BCUT2D eigenvalue weighted by molar-refractivity contribution is -0.137. The molecule has 0 spiro atoms. The van der Waals surface area contributed by atoms with E-state index in [0.717, 1.165) is 13.0 Å². The number of β-lactam (4-membered cyclic amide) rings is 1. The monoisotopic (exact) mass is 85.1 g/mol. The first-order chi connectivity index (χ1) is 2.80. The molecule has 1 aliphatic heterocycles. The average Bonchev–Trinajstić information content (AvgIpc) is 1.61. The fraction of sp³-hybridized carbons (Fsp3) is 0.750. The molecule has 1 saturated heterocycles. The topological polar surface area (TPSA) is 20.3 Å². The van der Waals surface area contributed by atoms with Gasteiger partial charge in [0.2, 0.25) is 5.91 Å². The third-order valence-electron chi connectivity index (χ3n) is 1.09. The van der Waals surface area contributed by atoms with Crippen LogP contribution < -0.4 is 0 Å². The van der Waals surface area contributed by atoms with Crippen LogP contribution in [0.4, 0.5) is 0 Å². The van der Waals surface area contributed by atoms with E-state index >= 15 is 0 Å². The largest absolute Gasteiger partial charge is 0.345 e. The molecular formula is C4H7NO. The summed E-state index contributed by atoms with van der Waals surface area (Å²) < 4.78 is 0. The van der Waals surface area contributed by atoms with E-state index in [9.17, 15) is 4.79 Å². The van der Waals surface area contributed by atoms with Crippen molar-refractivity contribution in [2.45, 2.75) is 6.42 Å². The fourth-order valence-electron chi connectivity index (χ4n) is 0.427. The smallest absolute Gasteiger partial charge is 0.224 e. The number of hydrogen-bond acceptors (Lipinski definition) is 1. The molecule has 0 aromatic rings. The number of amides is 1. The van der Waals surface area contributed by atoms with E-state index in [1.165, 1.54) is 0 Å². The highest BCUT2D eigenvalue weighted by Gasteiger charge is 2.17. The summed E-state index contributed by atoms with van der Waals surface area (Å²) in [6, 6.07) is 0. The van der Waals surface area contributed by atoms with Gasteiger partial charge in [0.1, 0.15) is 0 Å². The van der Waals surface area contributed by atoms with Crippen LogP contribution in [0.2, 0.25) is 0 Å². The lowest BCUT2D eigenvalue weighted by Crippen LogP contribution is -2.39. The summed E-state index contributed by atoms with van der Waals surface area (Å²) in [6.07, 6.45) is 0.760. The van der Waals surface area contributed by atoms with Crippen LogP contribution in [-0.4, -0.2) is 24.4 Å². The van der Waals surface area contributed by atoms with E-state index in [1.54, 1.807) is 4.90 Å². The molecule has 0 aliphatic carbocycles. The minimum Gasteiger partial charge on any atom is -0.345 e. The highest BCUT2D eigenvalue weighted by atomic mass is 16.2. The van der Waals surface area contributed by atoms with Crippen molar-refractivity contribution in [2.75, 3.05) is 13.6 Å². The molecule has 1 heterocycles. The van der Waals surface area contributed by atoms with E-state index in [2.05, 4.69) is 0 Å². The third kappa shape index (κ3) is 0.295. The number of likely N-dealkylation sites (tertiary alicyclic amines) is 1. The van der Waals surface area contributed by atoms with Crippen molar-refractivity contribution in [1.29, 1.82) is 0 Å². The summed E-state index contributed by atoms with van der Waals surface area (Å²) in [5.74, 6) is 0.273. The van der Waals surface area contributed by atoms with Gasteiger partial charge in [0.15, 0.2) is 0 Å². The van der Waals surface area contributed by atoms with Crippen molar-refractivity contribution < 1.29 is 4.79 Å². The van der Waals surface area contributed by atoms with Crippen molar-refractivity contribution in [3.8, 4) is 0 Å². The second-order valence-electron chi connectivity index (χ2n) is 1.57. The molecule has 0 atom stereocenters. The minimum absolute atomic E-state index is 0.273. The van der Waals surface area contributed by atoms with Crippen molar-refractivity contribution >= 4 is 5.91 Å². The van der Waals surface area contributed by atoms with Crippen LogP contribution in [0.3, 0.4) is 0 Å². The van der Waals surface area contributed by atoms with Gasteiger partial charge in [-0.05, 0) is 0 Å². The summed E-state index contributed by atoms with van der Waals surface area (Å²) in [5.41, 5.74) is 0. The molecule has 0 saturated carbocycles. The van der Waals surface area contributed by atoms with Gasteiger partial charge in [0.05, 0.1) is 0 Å². The molecule has 0 radical (unpaired) electrons. The van der Waals surface area contributed by atoms with Crippen molar-refractivity contribution in [1.82, 2.24) is 4.90 Å². The van der Waals surface area contributed by atoms with Crippen LogP contribution in [0.15, 0.2) is 0 Å². The zero-order chi connectivity index (χ0) is 4.57. The molecule has 2 heteroatoms. The average molecular weight is 85.1 g/mol. The Bertz CT molecular complexity index is 79.6. The van der Waals surface area contributed by atoms with Crippen LogP contribution in [0.5, 0.6) is 0 Å². The van der Waals surface area contributed by atoms with Gasteiger partial charge in [-0.2, -0.15) is 0 Å². The van der Waals surface area contributed by atoms with E-state index < -0.39 is 0 Å². The third-order valence-corrected chi connectivity index (χ3v) is 1.09. The first kappa shape index (κ1) is 3.65. The van der Waals surface area contributed by atoms with Crippen LogP contribution in [-0.2, 0) is 4.79 Å². The van der Waals surface area contributed by atoms with E-state index in [0.29, 0.717) is 0 Å². The number of rotatable bonds is 0. The maximum atomic E-state index is 10.2. The molecule has 34 valence electrons. The second kappa shape index (κ2) is 0.965. The number of carbonyl (C=O) groups excluding carboxylic acids is 1. The zero-order valence-electron chi connectivity index (χ0n) is 3.77. The SMILES string of the molecule is CN1CCC1=O. The van der Waals surface area contributed by atoms with Gasteiger partial charge < -0.3 is 4.90 Å². The first-order valence-corrected chi connectivity index (χ1v) is 2.04. The minimum atomic E-state index is 0.273. The molecule has 2 nitrogen and oxygen atoms in total. The highest BCUT2D eigenvalue weighted by Crippen LogP contribution is 2.01. The molecule has 0 bridgehead atoms. The number of hydrogen-bond donors (Lipinski definition) is 0. The Kier molecular flexibility index (Phi) is 0.587. The Balaban J connectivity index is 2.39. The quantitative estimate of drug-likeness (QED) is 0.374. The lowest BCUT2D eigenvalue weighted by atomic mass is 10.2. The highest BCUT2D eigenvalue weighted by molar-refractivity contribution is 5.81. The summed E-state index contributed by atoms with van der Waals surface area (Å²) in [5, 5.41) is 0. The van der Waals surface area contributed by atoms with E-state index in [-0.39, 0.29) is 5.91 Å². The normalized spacial score (nSPS) is 20.8. The van der Waals surface area contributed by atoms with Gasteiger partial charge in [-0.3, -0.25) is 4.79 Å². The Labute approximate surface area is 36.7 Å². The summed E-state index contributed by atoms with van der Waals surface area (Å²) in [6.45, 7) is 0.957. The zero-order valence-corrected chi connectivity index (χ0v) is 3.77. The van der Waals surface area contributed by atoms with Gasteiger partial charge in [-0.25, -0.2) is 0 Å². The maximum Gasteiger partial charge on any atom is 0.224 e. The van der Waals surface area contributed by atoms with Gasteiger partial charge in [-0.15, -0.1) is 0 Å². The summed E-state index contributed by atoms with van der Waals surface area (Å²) >= 11 is 0. The molecular weight excluding hydrogens is 78.0 g/mol. The molecule has 0 N–H and O–H groups in total. The number of carbonyl (C=O) groups is 1. The predicted octanol–water partition coefficient (Wildman–Crippen LogP) is -0.151. The van der Waals surface area contributed by atoms with Gasteiger partial charge in [0.25, 0.3) is 0 Å². The standard InChI is InChI=1S/C4H7NO/c1-5-3-2-4(5)6/h2-3H2,1H3. The van der Waals surface area contributed by atoms with Crippen molar-refractivity contribution in [3.05, 3.63) is 0 Å².